The van der Waals surface area contributed by atoms with Crippen LogP contribution >= 0.6 is 11.6 Å². The van der Waals surface area contributed by atoms with Crippen LogP contribution in [0, 0.1) is 13.8 Å². The van der Waals surface area contributed by atoms with Gasteiger partial charge in [-0.05, 0) is 26.0 Å². The van der Waals surface area contributed by atoms with E-state index in [4.69, 9.17) is 11.6 Å². The summed E-state index contributed by atoms with van der Waals surface area (Å²) >= 11 is 6.29. The van der Waals surface area contributed by atoms with Crippen LogP contribution in [0.3, 0.4) is 0 Å². The van der Waals surface area contributed by atoms with Gasteiger partial charge in [-0.15, -0.1) is 0 Å². The molecule has 0 radical (unpaired) electrons. The van der Waals surface area contributed by atoms with Gasteiger partial charge >= 0.3 is 0 Å². The van der Waals surface area contributed by atoms with Crippen molar-refractivity contribution in [2.24, 2.45) is 0 Å². The summed E-state index contributed by atoms with van der Waals surface area (Å²) in [5.41, 5.74) is 5.00. The third kappa shape index (κ3) is 1.68. The number of hydrogen-bond acceptors (Lipinski definition) is 2. The third-order valence-corrected chi connectivity index (χ3v) is 3.42. The molecule has 0 aliphatic rings. The van der Waals surface area contributed by atoms with E-state index < -0.39 is 0 Å². The molecule has 0 atom stereocenters. The Morgan fingerprint density at radius 2 is 2.06 bits per heavy atom. The summed E-state index contributed by atoms with van der Waals surface area (Å²) in [6.07, 6.45) is 5.64. The Balaban J connectivity index is 2.30. The summed E-state index contributed by atoms with van der Waals surface area (Å²) < 4.78 is 2.03. The molecular weight excluding hydrogens is 246 g/mol. The van der Waals surface area contributed by atoms with Gasteiger partial charge in [-0.25, -0.2) is 4.98 Å². The van der Waals surface area contributed by atoms with Gasteiger partial charge in [0, 0.05) is 35.4 Å². The molecule has 0 spiro atoms. The average Bonchev–Trinajstić information content (AvgIpc) is 2.68. The predicted molar refractivity (Wildman–Crippen MR) is 72.9 cm³/mol. The standard InChI is InChI=1S/C14H12ClN3/c1-9-10(2)18-8-12(6-13(15)14(18)17-9)11-4-3-5-16-7-11/h3-8H,1-2H3. The fraction of sp³-hybridized carbons (Fsp3) is 0.143. The molecule has 3 aromatic heterocycles. The van der Waals surface area contributed by atoms with E-state index in [0.717, 1.165) is 28.2 Å². The van der Waals surface area contributed by atoms with Gasteiger partial charge in [0.05, 0.1) is 10.7 Å². The fourth-order valence-corrected chi connectivity index (χ4v) is 2.27. The van der Waals surface area contributed by atoms with Gasteiger partial charge in [0.1, 0.15) is 0 Å². The predicted octanol–water partition coefficient (Wildman–Crippen LogP) is 3.67. The van der Waals surface area contributed by atoms with Gasteiger partial charge in [0.15, 0.2) is 5.65 Å². The van der Waals surface area contributed by atoms with Gasteiger partial charge in [0.25, 0.3) is 0 Å². The van der Waals surface area contributed by atoms with Gasteiger partial charge in [-0.2, -0.15) is 0 Å². The van der Waals surface area contributed by atoms with E-state index in [-0.39, 0.29) is 0 Å². The molecule has 4 heteroatoms. The van der Waals surface area contributed by atoms with Gasteiger partial charge in [0.2, 0.25) is 0 Å². The zero-order valence-electron chi connectivity index (χ0n) is 10.2. The summed E-state index contributed by atoms with van der Waals surface area (Å²) in [7, 11) is 0. The molecule has 3 heterocycles. The quantitative estimate of drug-likeness (QED) is 0.666. The molecule has 0 aliphatic carbocycles. The third-order valence-electron chi connectivity index (χ3n) is 3.15. The highest BCUT2D eigenvalue weighted by Crippen LogP contribution is 2.26. The summed E-state index contributed by atoms with van der Waals surface area (Å²) in [5, 5.41) is 0.660. The molecule has 90 valence electrons. The molecule has 0 N–H and O–H groups in total. The van der Waals surface area contributed by atoms with Gasteiger partial charge in [-0.3, -0.25) is 4.98 Å². The summed E-state index contributed by atoms with van der Waals surface area (Å²) in [6.45, 7) is 4.03. The van der Waals surface area contributed by atoms with Crippen LogP contribution in [-0.2, 0) is 0 Å². The second-order valence-corrected chi connectivity index (χ2v) is 4.70. The van der Waals surface area contributed by atoms with Crippen LogP contribution in [0.4, 0.5) is 0 Å². The highest BCUT2D eigenvalue weighted by Gasteiger charge is 2.10. The molecule has 0 bridgehead atoms. The van der Waals surface area contributed by atoms with Crippen LogP contribution in [-0.4, -0.2) is 14.4 Å². The van der Waals surface area contributed by atoms with Crippen molar-refractivity contribution in [1.82, 2.24) is 14.4 Å². The largest absolute Gasteiger partial charge is 0.302 e. The van der Waals surface area contributed by atoms with Gasteiger partial charge < -0.3 is 4.40 Å². The second kappa shape index (κ2) is 4.10. The molecular formula is C14H12ClN3. The maximum atomic E-state index is 6.29. The number of pyridine rings is 2. The molecule has 3 rings (SSSR count). The van der Waals surface area contributed by atoms with Crippen molar-refractivity contribution in [2.45, 2.75) is 13.8 Å². The van der Waals surface area contributed by atoms with Crippen molar-refractivity contribution >= 4 is 17.2 Å². The van der Waals surface area contributed by atoms with Crippen molar-refractivity contribution < 1.29 is 0 Å². The van der Waals surface area contributed by atoms with E-state index in [1.165, 1.54) is 0 Å². The zero-order chi connectivity index (χ0) is 12.7. The number of aromatic nitrogens is 3. The highest BCUT2D eigenvalue weighted by molar-refractivity contribution is 6.33. The molecule has 0 saturated carbocycles. The smallest absolute Gasteiger partial charge is 0.156 e. The topological polar surface area (TPSA) is 30.2 Å². The van der Waals surface area contributed by atoms with E-state index in [1.54, 1.807) is 6.20 Å². The first kappa shape index (κ1) is 11.2. The lowest BCUT2D eigenvalue weighted by Gasteiger charge is -2.05. The first-order valence-corrected chi connectivity index (χ1v) is 6.10. The Hall–Kier alpha value is -1.87. The van der Waals surface area contributed by atoms with Crippen LogP contribution < -0.4 is 0 Å². The number of imidazole rings is 1. The maximum Gasteiger partial charge on any atom is 0.156 e. The Labute approximate surface area is 110 Å². The molecule has 18 heavy (non-hydrogen) atoms. The molecule has 0 aromatic carbocycles. The Morgan fingerprint density at radius 3 is 2.78 bits per heavy atom. The number of hydrogen-bond donors (Lipinski definition) is 0. The fourth-order valence-electron chi connectivity index (χ4n) is 2.02. The normalized spacial score (nSPS) is 11.1. The lowest BCUT2D eigenvalue weighted by Crippen LogP contribution is -1.91. The molecule has 0 amide bonds. The first-order chi connectivity index (χ1) is 8.66. The van der Waals surface area contributed by atoms with E-state index in [9.17, 15) is 0 Å². The lowest BCUT2D eigenvalue weighted by molar-refractivity contribution is 1.09. The molecule has 3 nitrogen and oxygen atoms in total. The van der Waals surface area contributed by atoms with Crippen molar-refractivity contribution in [3.05, 3.63) is 53.2 Å². The van der Waals surface area contributed by atoms with Crippen LogP contribution in [0.1, 0.15) is 11.4 Å². The van der Waals surface area contributed by atoms with E-state index >= 15 is 0 Å². The van der Waals surface area contributed by atoms with Crippen LogP contribution in [0.2, 0.25) is 5.02 Å². The molecule has 0 saturated heterocycles. The van der Waals surface area contributed by atoms with Crippen molar-refractivity contribution in [3.8, 4) is 11.1 Å². The monoisotopic (exact) mass is 257 g/mol. The van der Waals surface area contributed by atoms with Crippen molar-refractivity contribution in [2.75, 3.05) is 0 Å². The van der Waals surface area contributed by atoms with E-state index in [1.807, 2.05) is 48.8 Å². The maximum absolute atomic E-state index is 6.29. The molecule has 0 aliphatic heterocycles. The molecule has 3 aromatic rings. The van der Waals surface area contributed by atoms with E-state index in [2.05, 4.69) is 9.97 Å². The minimum atomic E-state index is 0.660. The van der Waals surface area contributed by atoms with E-state index in [0.29, 0.717) is 5.02 Å². The minimum absolute atomic E-state index is 0.660. The lowest BCUT2D eigenvalue weighted by atomic mass is 10.1. The Kier molecular flexibility index (Phi) is 2.56. The minimum Gasteiger partial charge on any atom is -0.302 e. The number of nitrogens with zero attached hydrogens (tertiary/aromatic N) is 3. The van der Waals surface area contributed by atoms with Gasteiger partial charge in [-0.1, -0.05) is 17.7 Å². The summed E-state index contributed by atoms with van der Waals surface area (Å²) in [6, 6.07) is 5.86. The second-order valence-electron chi connectivity index (χ2n) is 4.29. The molecule has 0 unspecified atom stereocenters. The summed E-state index contributed by atoms with van der Waals surface area (Å²) in [4.78, 5) is 8.59. The van der Waals surface area contributed by atoms with Crippen LogP contribution in [0.25, 0.3) is 16.8 Å². The molecule has 0 fully saturated rings. The number of rotatable bonds is 1. The number of aryl methyl sites for hydroxylation is 2. The number of halogens is 1. The average molecular weight is 258 g/mol. The SMILES string of the molecule is Cc1nc2c(Cl)cc(-c3cccnc3)cn2c1C. The van der Waals surface area contributed by atoms with Crippen LogP contribution in [0.15, 0.2) is 36.8 Å². The first-order valence-electron chi connectivity index (χ1n) is 5.72. The summed E-state index contributed by atoms with van der Waals surface area (Å²) in [5.74, 6) is 0. The number of fused-ring (bicyclic) bond motifs is 1. The van der Waals surface area contributed by atoms with Crippen LogP contribution in [0.5, 0.6) is 0 Å². The Bertz CT molecular complexity index is 717. The zero-order valence-corrected chi connectivity index (χ0v) is 10.9. The highest BCUT2D eigenvalue weighted by atomic mass is 35.5. The van der Waals surface area contributed by atoms with Crippen molar-refractivity contribution in [1.29, 1.82) is 0 Å². The van der Waals surface area contributed by atoms with Crippen molar-refractivity contribution in [3.63, 3.8) is 0 Å². The Morgan fingerprint density at radius 1 is 1.22 bits per heavy atom.